The van der Waals surface area contributed by atoms with Crippen LogP contribution in [0.5, 0.6) is 0 Å². The first-order chi connectivity index (χ1) is 15.5. The largest absolute Gasteiger partial charge is 0.361 e. The molecule has 1 aromatic heterocycles. The number of rotatable bonds is 7. The van der Waals surface area contributed by atoms with E-state index in [1.165, 1.54) is 6.92 Å². The number of carbonyl (C=O) groups excluding carboxylic acids is 2. The molecule has 1 unspecified atom stereocenters. The predicted molar refractivity (Wildman–Crippen MR) is 128 cm³/mol. The Morgan fingerprint density at radius 1 is 0.906 bits per heavy atom. The van der Waals surface area contributed by atoms with Crippen molar-refractivity contribution in [3.8, 4) is 0 Å². The summed E-state index contributed by atoms with van der Waals surface area (Å²) in [5, 5.41) is 7.59. The number of nitrogens with one attached hydrogen (secondary N) is 3. The molecule has 0 aliphatic rings. The number of amides is 2. The molecule has 4 aromatic rings. The summed E-state index contributed by atoms with van der Waals surface area (Å²) in [4.78, 5) is 27.2. The van der Waals surface area contributed by atoms with E-state index in [2.05, 4.69) is 21.7 Å². The van der Waals surface area contributed by atoms with Crippen LogP contribution in [0, 0.1) is 0 Å². The molecule has 0 saturated carbocycles. The first-order valence-electron chi connectivity index (χ1n) is 10.4. The van der Waals surface area contributed by atoms with Crippen molar-refractivity contribution in [2.45, 2.75) is 19.4 Å². The zero-order valence-electron chi connectivity index (χ0n) is 17.7. The summed E-state index contributed by atoms with van der Waals surface area (Å²) in [7, 11) is 0. The molecule has 5 nitrogen and oxygen atoms in total. The molecule has 162 valence electrons. The molecule has 3 aromatic carbocycles. The van der Waals surface area contributed by atoms with Crippen LogP contribution < -0.4 is 10.6 Å². The number of fused-ring (bicyclic) bond motifs is 1. The molecular weight excluding hydrogens is 422 g/mol. The van der Waals surface area contributed by atoms with Gasteiger partial charge in [0, 0.05) is 53.6 Å². The molecule has 1 atom stereocenters. The van der Waals surface area contributed by atoms with Gasteiger partial charge in [0.2, 0.25) is 5.91 Å². The molecule has 32 heavy (non-hydrogen) atoms. The zero-order chi connectivity index (χ0) is 22.5. The van der Waals surface area contributed by atoms with Crippen LogP contribution in [-0.4, -0.2) is 23.3 Å². The van der Waals surface area contributed by atoms with Gasteiger partial charge in [0.15, 0.2) is 0 Å². The number of aromatic amines is 1. The molecule has 0 radical (unpaired) electrons. The lowest BCUT2D eigenvalue weighted by Gasteiger charge is -2.19. The maximum atomic E-state index is 12.9. The van der Waals surface area contributed by atoms with E-state index in [0.29, 0.717) is 23.7 Å². The van der Waals surface area contributed by atoms with Crippen LogP contribution in [0.3, 0.4) is 0 Å². The number of carbonyl (C=O) groups is 2. The van der Waals surface area contributed by atoms with Crippen LogP contribution in [0.15, 0.2) is 79.0 Å². The fourth-order valence-corrected chi connectivity index (χ4v) is 4.09. The van der Waals surface area contributed by atoms with Crippen molar-refractivity contribution in [2.24, 2.45) is 0 Å². The first-order valence-corrected chi connectivity index (χ1v) is 10.8. The van der Waals surface area contributed by atoms with Crippen LogP contribution in [0.1, 0.15) is 39.9 Å². The van der Waals surface area contributed by atoms with Crippen molar-refractivity contribution >= 4 is 34.3 Å². The number of hydrogen-bond donors (Lipinski definition) is 3. The summed E-state index contributed by atoms with van der Waals surface area (Å²) < 4.78 is 0. The first kappa shape index (κ1) is 21.7. The van der Waals surface area contributed by atoms with Crippen LogP contribution in [0.4, 0.5) is 0 Å². The lowest BCUT2D eigenvalue weighted by Crippen LogP contribution is -2.29. The van der Waals surface area contributed by atoms with Crippen molar-refractivity contribution in [3.05, 3.63) is 106 Å². The summed E-state index contributed by atoms with van der Waals surface area (Å²) in [5.74, 6) is -0.356. The van der Waals surface area contributed by atoms with Crippen molar-refractivity contribution in [3.63, 3.8) is 0 Å². The van der Waals surface area contributed by atoms with E-state index in [-0.39, 0.29) is 17.7 Å². The SMILES string of the molecule is CC(=O)NCc1ccc(C(=O)NCC(c2ccccc2Cl)c2c[nH]c3ccccc23)cc1. The number of benzene rings is 3. The predicted octanol–water partition coefficient (Wildman–Crippen LogP) is 5.02. The minimum absolute atomic E-state index is 0.0882. The van der Waals surface area contributed by atoms with E-state index in [1.54, 1.807) is 12.1 Å². The molecule has 0 saturated heterocycles. The minimum Gasteiger partial charge on any atom is -0.361 e. The normalized spacial score (nSPS) is 11.8. The van der Waals surface area contributed by atoms with Crippen molar-refractivity contribution < 1.29 is 9.59 Å². The average molecular weight is 446 g/mol. The van der Waals surface area contributed by atoms with Crippen LogP contribution in [0.2, 0.25) is 5.02 Å². The highest BCUT2D eigenvalue weighted by Crippen LogP contribution is 2.34. The molecular formula is C26H24ClN3O2. The summed E-state index contributed by atoms with van der Waals surface area (Å²) >= 11 is 6.54. The van der Waals surface area contributed by atoms with E-state index < -0.39 is 0 Å². The van der Waals surface area contributed by atoms with Crippen molar-refractivity contribution in [1.29, 1.82) is 0 Å². The topological polar surface area (TPSA) is 74.0 Å². The Bertz CT molecular complexity index is 1250. The number of aromatic nitrogens is 1. The lowest BCUT2D eigenvalue weighted by molar-refractivity contribution is -0.119. The van der Waals surface area contributed by atoms with Gasteiger partial charge in [-0.05, 0) is 41.0 Å². The van der Waals surface area contributed by atoms with Gasteiger partial charge < -0.3 is 15.6 Å². The molecule has 0 spiro atoms. The highest BCUT2D eigenvalue weighted by molar-refractivity contribution is 6.31. The van der Waals surface area contributed by atoms with E-state index in [4.69, 9.17) is 11.6 Å². The number of hydrogen-bond acceptors (Lipinski definition) is 2. The second-order valence-corrected chi connectivity index (χ2v) is 8.09. The van der Waals surface area contributed by atoms with Crippen molar-refractivity contribution in [2.75, 3.05) is 6.54 Å². The molecule has 4 rings (SSSR count). The molecule has 1 heterocycles. The zero-order valence-corrected chi connectivity index (χ0v) is 18.4. The Morgan fingerprint density at radius 3 is 2.38 bits per heavy atom. The molecule has 0 bridgehead atoms. The van der Waals surface area contributed by atoms with Crippen LogP contribution >= 0.6 is 11.6 Å². The van der Waals surface area contributed by atoms with Gasteiger partial charge in [-0.25, -0.2) is 0 Å². The average Bonchev–Trinajstić information content (AvgIpc) is 3.23. The van der Waals surface area contributed by atoms with E-state index in [1.807, 2.05) is 60.8 Å². The summed E-state index contributed by atoms with van der Waals surface area (Å²) in [6.45, 7) is 2.31. The number of H-pyrrole nitrogens is 1. The fraction of sp³-hybridized carbons (Fsp3) is 0.154. The van der Waals surface area contributed by atoms with E-state index in [0.717, 1.165) is 27.6 Å². The molecule has 2 amide bonds. The van der Waals surface area contributed by atoms with E-state index in [9.17, 15) is 9.59 Å². The molecule has 3 N–H and O–H groups in total. The van der Waals surface area contributed by atoms with Gasteiger partial charge in [0.25, 0.3) is 5.91 Å². The highest BCUT2D eigenvalue weighted by atomic mass is 35.5. The molecule has 6 heteroatoms. The minimum atomic E-state index is -0.159. The van der Waals surface area contributed by atoms with Gasteiger partial charge in [-0.15, -0.1) is 0 Å². The van der Waals surface area contributed by atoms with Crippen LogP contribution in [-0.2, 0) is 11.3 Å². The quantitative estimate of drug-likeness (QED) is 0.373. The van der Waals surface area contributed by atoms with Gasteiger partial charge in [0.05, 0.1) is 0 Å². The standard InChI is InChI=1S/C26H24ClN3O2/c1-17(31)28-14-18-10-12-19(13-11-18)26(32)30-16-22(20-6-2-4-8-24(20)27)23-15-29-25-9-5-3-7-21(23)25/h2-13,15,22,29H,14,16H2,1H3,(H,28,31)(H,30,32). The van der Waals surface area contributed by atoms with Gasteiger partial charge in [-0.1, -0.05) is 60.1 Å². The molecule has 0 aliphatic heterocycles. The van der Waals surface area contributed by atoms with Gasteiger partial charge >= 0.3 is 0 Å². The smallest absolute Gasteiger partial charge is 0.251 e. The Morgan fingerprint density at radius 2 is 1.62 bits per heavy atom. The Balaban J connectivity index is 1.55. The molecule has 0 fully saturated rings. The van der Waals surface area contributed by atoms with Crippen molar-refractivity contribution in [1.82, 2.24) is 15.6 Å². The van der Waals surface area contributed by atoms with Crippen LogP contribution in [0.25, 0.3) is 10.9 Å². The molecule has 0 aliphatic carbocycles. The maximum Gasteiger partial charge on any atom is 0.251 e. The van der Waals surface area contributed by atoms with Gasteiger partial charge in [-0.2, -0.15) is 0 Å². The third-order valence-electron chi connectivity index (χ3n) is 5.50. The monoisotopic (exact) mass is 445 g/mol. The second-order valence-electron chi connectivity index (χ2n) is 7.68. The Labute approximate surface area is 191 Å². The lowest BCUT2D eigenvalue weighted by atomic mass is 9.90. The van der Waals surface area contributed by atoms with E-state index >= 15 is 0 Å². The van der Waals surface area contributed by atoms with Gasteiger partial charge in [0.1, 0.15) is 0 Å². The summed E-state index contributed by atoms with van der Waals surface area (Å²) in [6.07, 6.45) is 1.99. The fourth-order valence-electron chi connectivity index (χ4n) is 3.82. The number of para-hydroxylation sites is 1. The highest BCUT2D eigenvalue weighted by Gasteiger charge is 2.21. The number of halogens is 1. The Kier molecular flexibility index (Phi) is 6.57. The Hall–Kier alpha value is -3.57. The van der Waals surface area contributed by atoms with Gasteiger partial charge in [-0.3, -0.25) is 9.59 Å². The third-order valence-corrected chi connectivity index (χ3v) is 5.85. The third kappa shape index (κ3) is 4.84. The summed E-state index contributed by atoms with van der Waals surface area (Å²) in [5.41, 5.74) is 4.59. The second kappa shape index (κ2) is 9.71. The summed E-state index contributed by atoms with van der Waals surface area (Å²) in [6, 6.07) is 23.0. The maximum absolute atomic E-state index is 12.9.